The van der Waals surface area contributed by atoms with E-state index >= 15 is 0 Å². The maximum absolute atomic E-state index is 12.3. The van der Waals surface area contributed by atoms with Crippen LogP contribution in [-0.4, -0.2) is 15.0 Å². The van der Waals surface area contributed by atoms with Crippen LogP contribution >= 0.6 is 11.6 Å². The zero-order valence-corrected chi connectivity index (χ0v) is 14.7. The molecule has 0 aliphatic rings. The average molecular weight is 354 g/mol. The number of hydrogen-bond donors (Lipinski definition) is 1. The molecule has 0 amide bonds. The Morgan fingerprint density at radius 3 is 2.39 bits per heavy atom. The van der Waals surface area contributed by atoms with E-state index in [0.717, 1.165) is 11.3 Å². The number of halogens is 1. The van der Waals surface area contributed by atoms with E-state index in [1.54, 1.807) is 31.2 Å². The summed E-state index contributed by atoms with van der Waals surface area (Å²) in [6.07, 6.45) is 0. The summed E-state index contributed by atoms with van der Waals surface area (Å²) in [7, 11) is -3.49. The van der Waals surface area contributed by atoms with Gasteiger partial charge < -0.3 is 4.74 Å². The molecule has 2 aromatic rings. The third-order valence-electron chi connectivity index (χ3n) is 3.35. The molecule has 0 bridgehead atoms. The minimum atomic E-state index is -3.49. The first-order chi connectivity index (χ1) is 10.9. The summed E-state index contributed by atoms with van der Waals surface area (Å²) in [5.41, 5.74) is 1.46. The van der Waals surface area contributed by atoms with Crippen LogP contribution in [0.15, 0.2) is 48.5 Å². The summed E-state index contributed by atoms with van der Waals surface area (Å²) in [6, 6.07) is 14.0. The maximum Gasteiger partial charge on any atom is 0.216 e. The van der Waals surface area contributed by atoms with Crippen molar-refractivity contribution in [3.63, 3.8) is 0 Å². The minimum absolute atomic E-state index is 0.145. The Morgan fingerprint density at radius 1 is 1.13 bits per heavy atom. The van der Waals surface area contributed by atoms with Crippen LogP contribution in [0.5, 0.6) is 5.75 Å². The summed E-state index contributed by atoms with van der Waals surface area (Å²) >= 11 is 6.02. The highest BCUT2D eigenvalue weighted by molar-refractivity contribution is 7.88. The summed E-state index contributed by atoms with van der Waals surface area (Å²) in [5.74, 6) is 0.621. The lowest BCUT2D eigenvalue weighted by Gasteiger charge is -2.15. The standard InChI is InChI=1S/C17H20ClNO3S/c1-3-22-16-10-8-14(9-11-16)13(2)19-23(20,21)12-15-6-4-5-7-17(15)18/h4-11,13,19H,3,12H2,1-2H3/t13-/m0/s1. The topological polar surface area (TPSA) is 55.4 Å². The van der Waals surface area contributed by atoms with Gasteiger partial charge in [0, 0.05) is 11.1 Å². The molecule has 2 rings (SSSR count). The highest BCUT2D eigenvalue weighted by atomic mass is 35.5. The molecule has 2 aromatic carbocycles. The van der Waals surface area contributed by atoms with Gasteiger partial charge in [0.1, 0.15) is 5.75 Å². The SMILES string of the molecule is CCOc1ccc([C@H](C)NS(=O)(=O)Cc2ccccc2Cl)cc1. The Balaban J connectivity index is 2.06. The number of ether oxygens (including phenoxy) is 1. The Morgan fingerprint density at radius 2 is 1.78 bits per heavy atom. The summed E-state index contributed by atoms with van der Waals surface area (Å²) < 4.78 is 32.7. The van der Waals surface area contributed by atoms with Gasteiger partial charge in [-0.25, -0.2) is 13.1 Å². The lowest BCUT2D eigenvalue weighted by atomic mass is 10.1. The van der Waals surface area contributed by atoms with E-state index in [1.165, 1.54) is 0 Å². The second-order valence-electron chi connectivity index (χ2n) is 5.19. The van der Waals surface area contributed by atoms with Crippen LogP contribution in [0.4, 0.5) is 0 Å². The second-order valence-corrected chi connectivity index (χ2v) is 7.35. The van der Waals surface area contributed by atoms with E-state index in [-0.39, 0.29) is 11.8 Å². The van der Waals surface area contributed by atoms with Crippen LogP contribution in [-0.2, 0) is 15.8 Å². The number of rotatable bonds is 7. The van der Waals surface area contributed by atoms with Crippen LogP contribution in [0.25, 0.3) is 0 Å². The van der Waals surface area contributed by atoms with E-state index in [4.69, 9.17) is 16.3 Å². The van der Waals surface area contributed by atoms with Crippen LogP contribution in [0.3, 0.4) is 0 Å². The largest absolute Gasteiger partial charge is 0.494 e. The molecule has 6 heteroatoms. The molecule has 0 aromatic heterocycles. The maximum atomic E-state index is 12.3. The molecule has 0 unspecified atom stereocenters. The van der Waals surface area contributed by atoms with Gasteiger partial charge in [-0.05, 0) is 43.2 Å². The van der Waals surface area contributed by atoms with Crippen molar-refractivity contribution in [3.05, 3.63) is 64.7 Å². The smallest absolute Gasteiger partial charge is 0.216 e. The molecular weight excluding hydrogens is 334 g/mol. The Labute approximate surface area is 142 Å². The molecule has 0 heterocycles. The molecule has 0 aliphatic heterocycles. The van der Waals surface area contributed by atoms with Crippen molar-refractivity contribution in [2.24, 2.45) is 0 Å². The van der Waals surface area contributed by atoms with E-state index in [1.807, 2.05) is 31.2 Å². The minimum Gasteiger partial charge on any atom is -0.494 e. The number of nitrogens with one attached hydrogen (secondary N) is 1. The van der Waals surface area contributed by atoms with Crippen molar-refractivity contribution in [3.8, 4) is 5.75 Å². The summed E-state index contributed by atoms with van der Waals surface area (Å²) in [6.45, 7) is 4.32. The second kappa shape index (κ2) is 7.81. The van der Waals surface area contributed by atoms with Crippen LogP contribution in [0, 0.1) is 0 Å². The van der Waals surface area contributed by atoms with E-state index in [2.05, 4.69) is 4.72 Å². The Kier molecular flexibility index (Phi) is 6.04. The number of sulfonamides is 1. The first kappa shape index (κ1) is 17.8. The summed E-state index contributed by atoms with van der Waals surface area (Å²) in [5, 5.41) is 0.451. The molecule has 23 heavy (non-hydrogen) atoms. The van der Waals surface area contributed by atoms with Gasteiger partial charge in [-0.15, -0.1) is 0 Å². The van der Waals surface area contributed by atoms with Crippen molar-refractivity contribution >= 4 is 21.6 Å². The zero-order valence-electron chi connectivity index (χ0n) is 13.1. The van der Waals surface area contributed by atoms with Crippen molar-refractivity contribution in [1.82, 2.24) is 4.72 Å². The predicted octanol–water partition coefficient (Wildman–Crippen LogP) is 3.92. The highest BCUT2D eigenvalue weighted by Gasteiger charge is 2.17. The normalized spacial score (nSPS) is 12.8. The molecule has 0 radical (unpaired) electrons. The third-order valence-corrected chi connectivity index (χ3v) is 5.12. The van der Waals surface area contributed by atoms with Crippen molar-refractivity contribution in [2.45, 2.75) is 25.6 Å². The number of benzene rings is 2. The van der Waals surface area contributed by atoms with Gasteiger partial charge in [-0.3, -0.25) is 0 Å². The summed E-state index contributed by atoms with van der Waals surface area (Å²) in [4.78, 5) is 0. The lowest BCUT2D eigenvalue weighted by Crippen LogP contribution is -2.28. The molecule has 0 spiro atoms. The first-order valence-corrected chi connectivity index (χ1v) is 9.40. The molecule has 0 saturated heterocycles. The number of hydrogen-bond acceptors (Lipinski definition) is 3. The molecule has 124 valence electrons. The quantitative estimate of drug-likeness (QED) is 0.820. The lowest BCUT2D eigenvalue weighted by molar-refractivity contribution is 0.340. The van der Waals surface area contributed by atoms with E-state index < -0.39 is 10.0 Å². The van der Waals surface area contributed by atoms with Crippen molar-refractivity contribution < 1.29 is 13.2 Å². The predicted molar refractivity (Wildman–Crippen MR) is 93.2 cm³/mol. The van der Waals surface area contributed by atoms with Gasteiger partial charge in [-0.2, -0.15) is 0 Å². The fraction of sp³-hybridized carbons (Fsp3) is 0.294. The molecule has 0 aliphatic carbocycles. The van der Waals surface area contributed by atoms with Gasteiger partial charge in [0.05, 0.1) is 12.4 Å². The fourth-order valence-electron chi connectivity index (χ4n) is 2.22. The third kappa shape index (κ3) is 5.23. The first-order valence-electron chi connectivity index (χ1n) is 7.37. The van der Waals surface area contributed by atoms with Gasteiger partial charge in [0.25, 0.3) is 0 Å². The van der Waals surface area contributed by atoms with Crippen molar-refractivity contribution in [1.29, 1.82) is 0 Å². The molecule has 1 atom stereocenters. The highest BCUT2D eigenvalue weighted by Crippen LogP contribution is 2.21. The average Bonchev–Trinajstić information content (AvgIpc) is 2.50. The molecular formula is C17H20ClNO3S. The Hall–Kier alpha value is -1.56. The fourth-order valence-corrected chi connectivity index (χ4v) is 3.92. The molecule has 4 nitrogen and oxygen atoms in total. The Bertz CT molecular complexity index is 745. The zero-order chi connectivity index (χ0) is 16.9. The van der Waals surface area contributed by atoms with E-state index in [0.29, 0.717) is 17.2 Å². The molecule has 1 N–H and O–H groups in total. The van der Waals surface area contributed by atoms with Gasteiger partial charge in [0.15, 0.2) is 0 Å². The van der Waals surface area contributed by atoms with Gasteiger partial charge in [-0.1, -0.05) is 41.9 Å². The van der Waals surface area contributed by atoms with Crippen LogP contribution in [0.2, 0.25) is 5.02 Å². The van der Waals surface area contributed by atoms with Gasteiger partial charge >= 0.3 is 0 Å². The van der Waals surface area contributed by atoms with Gasteiger partial charge in [0.2, 0.25) is 10.0 Å². The molecule has 0 saturated carbocycles. The van der Waals surface area contributed by atoms with Crippen LogP contribution < -0.4 is 9.46 Å². The monoisotopic (exact) mass is 353 g/mol. The van der Waals surface area contributed by atoms with Crippen molar-refractivity contribution in [2.75, 3.05) is 6.61 Å². The molecule has 0 fully saturated rings. The van der Waals surface area contributed by atoms with E-state index in [9.17, 15) is 8.42 Å². The van der Waals surface area contributed by atoms with Crippen LogP contribution in [0.1, 0.15) is 31.0 Å².